The Morgan fingerprint density at radius 1 is 1.06 bits per heavy atom. The molecule has 0 saturated heterocycles. The maximum absolute atomic E-state index is 5.54. The number of aromatic nitrogens is 2. The van der Waals surface area contributed by atoms with Crippen molar-refractivity contribution in [2.45, 2.75) is 0 Å². The predicted octanol–water partition coefficient (Wildman–Crippen LogP) is 2.32. The van der Waals surface area contributed by atoms with Gasteiger partial charge >= 0.3 is 0 Å². The third-order valence-electron chi connectivity index (χ3n) is 2.16. The van der Waals surface area contributed by atoms with E-state index in [1.54, 1.807) is 0 Å². The lowest BCUT2D eigenvalue weighted by atomic mass is 10.3. The molecule has 0 aliphatic rings. The first-order valence-corrected chi connectivity index (χ1v) is 5.13. The van der Waals surface area contributed by atoms with Crippen molar-refractivity contribution in [3.05, 3.63) is 36.7 Å². The molecule has 0 aliphatic heterocycles. The molecular weight excluding hydrogens is 218 g/mol. The molecule has 0 amide bonds. The van der Waals surface area contributed by atoms with Crippen LogP contribution in [0.25, 0.3) is 0 Å². The number of benzene rings is 1. The van der Waals surface area contributed by atoms with Gasteiger partial charge in [0, 0.05) is 12.7 Å². The number of hydrogen-bond donors (Lipinski definition) is 1. The van der Waals surface area contributed by atoms with Crippen LogP contribution in [0.5, 0.6) is 17.5 Å². The van der Waals surface area contributed by atoms with Gasteiger partial charge in [-0.2, -0.15) is 4.98 Å². The van der Waals surface area contributed by atoms with Crippen LogP contribution in [0.4, 0.5) is 5.69 Å². The van der Waals surface area contributed by atoms with Crippen molar-refractivity contribution < 1.29 is 9.47 Å². The molecule has 2 rings (SSSR count). The molecule has 5 nitrogen and oxygen atoms in total. The van der Waals surface area contributed by atoms with E-state index in [-0.39, 0.29) is 0 Å². The smallest absolute Gasteiger partial charge is 0.241 e. The Kier molecular flexibility index (Phi) is 3.40. The zero-order chi connectivity index (χ0) is 12.1. The van der Waals surface area contributed by atoms with Crippen LogP contribution in [0.15, 0.2) is 36.7 Å². The summed E-state index contributed by atoms with van der Waals surface area (Å²) in [7, 11) is 3.40. The lowest BCUT2D eigenvalue weighted by Crippen LogP contribution is -1.93. The van der Waals surface area contributed by atoms with E-state index >= 15 is 0 Å². The van der Waals surface area contributed by atoms with Crippen molar-refractivity contribution >= 4 is 5.69 Å². The quantitative estimate of drug-likeness (QED) is 0.875. The molecule has 0 unspecified atom stereocenters. The number of hydrogen-bond acceptors (Lipinski definition) is 5. The van der Waals surface area contributed by atoms with Crippen molar-refractivity contribution in [2.75, 3.05) is 19.5 Å². The van der Waals surface area contributed by atoms with Crippen LogP contribution in [0.2, 0.25) is 0 Å². The largest absolute Gasteiger partial charge is 0.480 e. The summed E-state index contributed by atoms with van der Waals surface area (Å²) in [5.74, 6) is 1.53. The zero-order valence-electron chi connectivity index (χ0n) is 9.68. The summed E-state index contributed by atoms with van der Waals surface area (Å²) in [5, 5.41) is 3.03. The Morgan fingerprint density at radius 3 is 2.41 bits per heavy atom. The van der Waals surface area contributed by atoms with Crippen molar-refractivity contribution in [3.8, 4) is 17.5 Å². The summed E-state index contributed by atoms with van der Waals surface area (Å²) in [6.07, 6.45) is 3.06. The Balaban J connectivity index is 2.13. The van der Waals surface area contributed by atoms with Crippen LogP contribution in [-0.4, -0.2) is 24.1 Å². The Labute approximate surface area is 99.4 Å². The highest BCUT2D eigenvalue weighted by atomic mass is 16.5. The predicted molar refractivity (Wildman–Crippen MR) is 64.6 cm³/mol. The summed E-state index contributed by atoms with van der Waals surface area (Å²) >= 11 is 0. The van der Waals surface area contributed by atoms with Crippen LogP contribution >= 0.6 is 0 Å². The minimum absolute atomic E-state index is 0.404. The molecule has 1 heterocycles. The van der Waals surface area contributed by atoms with Crippen molar-refractivity contribution in [2.24, 2.45) is 0 Å². The lowest BCUT2D eigenvalue weighted by molar-refractivity contribution is 0.380. The SMILES string of the molecule is CNc1ccc(Oc2cncc(OC)n2)cc1. The fraction of sp³-hybridized carbons (Fsp3) is 0.167. The first-order valence-electron chi connectivity index (χ1n) is 5.13. The van der Waals surface area contributed by atoms with Gasteiger partial charge in [-0.05, 0) is 24.3 Å². The molecule has 0 atom stereocenters. The average Bonchev–Trinajstić information content (AvgIpc) is 2.40. The molecule has 0 radical (unpaired) electrons. The molecule has 1 aromatic carbocycles. The van der Waals surface area contributed by atoms with E-state index in [9.17, 15) is 0 Å². The first kappa shape index (κ1) is 11.2. The highest BCUT2D eigenvalue weighted by molar-refractivity contribution is 5.46. The van der Waals surface area contributed by atoms with E-state index in [2.05, 4.69) is 15.3 Å². The van der Waals surface area contributed by atoms with Gasteiger partial charge in [0.25, 0.3) is 0 Å². The number of nitrogens with one attached hydrogen (secondary N) is 1. The molecule has 88 valence electrons. The van der Waals surface area contributed by atoms with Gasteiger partial charge < -0.3 is 14.8 Å². The molecule has 17 heavy (non-hydrogen) atoms. The standard InChI is InChI=1S/C12H13N3O2/c1-13-9-3-5-10(6-4-9)17-12-8-14-7-11(15-12)16-2/h3-8,13H,1-2H3. The summed E-state index contributed by atoms with van der Waals surface area (Å²) in [6, 6.07) is 7.55. The number of anilines is 1. The molecule has 0 bridgehead atoms. The second-order valence-corrected chi connectivity index (χ2v) is 3.28. The lowest BCUT2D eigenvalue weighted by Gasteiger charge is -2.06. The highest BCUT2D eigenvalue weighted by Crippen LogP contribution is 2.21. The second-order valence-electron chi connectivity index (χ2n) is 3.28. The Hall–Kier alpha value is -2.30. The van der Waals surface area contributed by atoms with Crippen LogP contribution in [0, 0.1) is 0 Å². The fourth-order valence-electron chi connectivity index (χ4n) is 1.29. The fourth-order valence-corrected chi connectivity index (χ4v) is 1.29. The van der Waals surface area contributed by atoms with Crippen molar-refractivity contribution in [1.82, 2.24) is 9.97 Å². The Bertz CT molecular complexity index is 485. The van der Waals surface area contributed by atoms with E-state index < -0.39 is 0 Å². The normalized spacial score (nSPS) is 9.76. The van der Waals surface area contributed by atoms with Crippen molar-refractivity contribution in [3.63, 3.8) is 0 Å². The van der Waals surface area contributed by atoms with E-state index in [4.69, 9.17) is 9.47 Å². The number of nitrogens with zero attached hydrogens (tertiary/aromatic N) is 2. The van der Waals surface area contributed by atoms with Gasteiger partial charge in [-0.25, -0.2) is 0 Å². The number of methoxy groups -OCH3 is 1. The molecule has 0 spiro atoms. The number of ether oxygens (including phenoxy) is 2. The van der Waals surface area contributed by atoms with Gasteiger partial charge in [0.15, 0.2) is 0 Å². The first-order chi connectivity index (χ1) is 8.31. The summed E-state index contributed by atoms with van der Waals surface area (Å²) < 4.78 is 10.5. The van der Waals surface area contributed by atoms with Crippen molar-refractivity contribution in [1.29, 1.82) is 0 Å². The van der Waals surface area contributed by atoms with Gasteiger partial charge in [0.2, 0.25) is 11.8 Å². The second kappa shape index (κ2) is 5.16. The maximum atomic E-state index is 5.54. The molecule has 1 aromatic heterocycles. The zero-order valence-corrected chi connectivity index (χ0v) is 9.68. The molecule has 5 heteroatoms. The van der Waals surface area contributed by atoms with Crippen LogP contribution in [0.1, 0.15) is 0 Å². The Morgan fingerprint density at radius 2 is 1.76 bits per heavy atom. The summed E-state index contributed by atoms with van der Waals surface area (Å²) in [5.41, 5.74) is 1.02. The highest BCUT2D eigenvalue weighted by Gasteiger charge is 2.01. The average molecular weight is 231 g/mol. The monoisotopic (exact) mass is 231 g/mol. The molecular formula is C12H13N3O2. The van der Waals surface area contributed by atoms with Gasteiger partial charge in [-0.3, -0.25) is 4.98 Å². The molecule has 0 fully saturated rings. The van der Waals surface area contributed by atoms with Gasteiger partial charge in [0.1, 0.15) is 5.75 Å². The molecule has 0 saturated carbocycles. The minimum atomic E-state index is 0.404. The molecule has 1 N–H and O–H groups in total. The molecule has 0 aliphatic carbocycles. The third-order valence-corrected chi connectivity index (χ3v) is 2.16. The summed E-state index contributed by atoms with van der Waals surface area (Å²) in [6.45, 7) is 0. The summed E-state index contributed by atoms with van der Waals surface area (Å²) in [4.78, 5) is 8.07. The van der Waals surface area contributed by atoms with Crippen LogP contribution in [-0.2, 0) is 0 Å². The van der Waals surface area contributed by atoms with Crippen LogP contribution < -0.4 is 14.8 Å². The van der Waals surface area contributed by atoms with Gasteiger partial charge in [-0.1, -0.05) is 0 Å². The number of rotatable bonds is 4. The van der Waals surface area contributed by atoms with E-state index in [0.29, 0.717) is 17.5 Å². The van der Waals surface area contributed by atoms with E-state index in [0.717, 1.165) is 5.69 Å². The van der Waals surface area contributed by atoms with E-state index in [1.165, 1.54) is 19.5 Å². The topological polar surface area (TPSA) is 56.3 Å². The minimum Gasteiger partial charge on any atom is -0.480 e. The molecule has 2 aromatic rings. The van der Waals surface area contributed by atoms with E-state index in [1.807, 2.05) is 31.3 Å². The third kappa shape index (κ3) is 2.84. The van der Waals surface area contributed by atoms with Crippen LogP contribution in [0.3, 0.4) is 0 Å². The van der Waals surface area contributed by atoms with Gasteiger partial charge in [-0.15, -0.1) is 0 Å². The maximum Gasteiger partial charge on any atom is 0.241 e. The van der Waals surface area contributed by atoms with Gasteiger partial charge in [0.05, 0.1) is 19.5 Å².